The molecule has 0 spiro atoms. The number of nitro groups is 1. The Morgan fingerprint density at radius 3 is 2.43 bits per heavy atom. The Hall–Kier alpha value is -2.85. The van der Waals surface area contributed by atoms with Crippen LogP contribution in [0.2, 0.25) is 0 Å². The molecule has 0 aliphatic carbocycles. The third-order valence-electron chi connectivity index (χ3n) is 3.89. The standard InChI is InChI=1S/C17H22F3N3O5/c1-4-16(2,3)22-14(24)10-28-15(25)7-8-21-12-6-5-11(17(18,19)20)9-13(12)23(26)27/h5-6,9,21H,4,7-8,10H2,1-3H3,(H,22,24). The van der Waals surface area contributed by atoms with Crippen molar-refractivity contribution in [2.75, 3.05) is 18.5 Å². The molecule has 1 aromatic carbocycles. The number of nitrogens with one attached hydrogen (secondary N) is 2. The van der Waals surface area contributed by atoms with Gasteiger partial charge in [-0.05, 0) is 32.4 Å². The van der Waals surface area contributed by atoms with E-state index >= 15 is 0 Å². The minimum absolute atomic E-state index is 0.118. The molecule has 0 atom stereocenters. The van der Waals surface area contributed by atoms with Crippen LogP contribution >= 0.6 is 0 Å². The maximum absolute atomic E-state index is 12.7. The molecule has 28 heavy (non-hydrogen) atoms. The van der Waals surface area contributed by atoms with Crippen LogP contribution in [-0.2, 0) is 20.5 Å². The molecular formula is C17H22F3N3O5. The molecule has 0 unspecified atom stereocenters. The third-order valence-corrected chi connectivity index (χ3v) is 3.89. The molecule has 0 aromatic heterocycles. The molecule has 2 N–H and O–H groups in total. The fourth-order valence-electron chi connectivity index (χ4n) is 2.03. The van der Waals surface area contributed by atoms with Gasteiger partial charge in [-0.1, -0.05) is 6.92 Å². The molecule has 1 amide bonds. The average molecular weight is 405 g/mol. The highest BCUT2D eigenvalue weighted by Gasteiger charge is 2.33. The van der Waals surface area contributed by atoms with E-state index in [2.05, 4.69) is 10.6 Å². The molecular weight excluding hydrogens is 383 g/mol. The maximum atomic E-state index is 12.7. The number of nitro benzene ring substituents is 1. The first-order valence-electron chi connectivity index (χ1n) is 8.42. The normalized spacial score (nSPS) is 11.6. The van der Waals surface area contributed by atoms with Crippen LogP contribution in [0.25, 0.3) is 0 Å². The summed E-state index contributed by atoms with van der Waals surface area (Å²) in [6, 6.07) is 2.04. The van der Waals surface area contributed by atoms with Gasteiger partial charge in [0.25, 0.3) is 11.6 Å². The van der Waals surface area contributed by atoms with E-state index in [9.17, 15) is 32.9 Å². The molecule has 0 saturated carbocycles. The van der Waals surface area contributed by atoms with Crippen LogP contribution in [0.4, 0.5) is 24.5 Å². The quantitative estimate of drug-likeness (QED) is 0.371. The van der Waals surface area contributed by atoms with E-state index in [0.29, 0.717) is 18.6 Å². The Labute approximate surface area is 159 Å². The lowest BCUT2D eigenvalue weighted by atomic mass is 10.0. The van der Waals surface area contributed by atoms with Crippen LogP contribution in [0.3, 0.4) is 0 Å². The zero-order valence-corrected chi connectivity index (χ0v) is 15.7. The summed E-state index contributed by atoms with van der Waals surface area (Å²) in [6.45, 7) is 4.93. The SMILES string of the molecule is CCC(C)(C)NC(=O)COC(=O)CCNc1ccc(C(F)(F)F)cc1[N+](=O)[O-]. The largest absolute Gasteiger partial charge is 0.456 e. The van der Waals surface area contributed by atoms with Gasteiger partial charge in [0.15, 0.2) is 6.61 Å². The van der Waals surface area contributed by atoms with E-state index in [-0.39, 0.29) is 18.7 Å². The number of rotatable bonds is 9. The number of halogens is 3. The van der Waals surface area contributed by atoms with Crippen molar-refractivity contribution in [3.05, 3.63) is 33.9 Å². The number of ether oxygens (including phenoxy) is 1. The van der Waals surface area contributed by atoms with Crippen molar-refractivity contribution in [3.63, 3.8) is 0 Å². The molecule has 1 rings (SSSR count). The van der Waals surface area contributed by atoms with Gasteiger partial charge in [-0.25, -0.2) is 0 Å². The molecule has 0 radical (unpaired) electrons. The highest BCUT2D eigenvalue weighted by molar-refractivity contribution is 5.81. The number of carbonyl (C=O) groups is 2. The lowest BCUT2D eigenvalue weighted by molar-refractivity contribution is -0.384. The van der Waals surface area contributed by atoms with Crippen molar-refractivity contribution in [1.29, 1.82) is 0 Å². The zero-order valence-electron chi connectivity index (χ0n) is 15.7. The van der Waals surface area contributed by atoms with Crippen LogP contribution in [0, 0.1) is 10.1 Å². The van der Waals surface area contributed by atoms with Crippen molar-refractivity contribution in [2.45, 2.75) is 45.3 Å². The van der Waals surface area contributed by atoms with Crippen LogP contribution < -0.4 is 10.6 Å². The first kappa shape index (κ1) is 23.2. The van der Waals surface area contributed by atoms with Gasteiger partial charge in [-0.3, -0.25) is 19.7 Å². The van der Waals surface area contributed by atoms with Crippen molar-refractivity contribution in [1.82, 2.24) is 5.32 Å². The van der Waals surface area contributed by atoms with Gasteiger partial charge in [-0.2, -0.15) is 13.2 Å². The number of anilines is 1. The monoisotopic (exact) mass is 405 g/mol. The smallest absolute Gasteiger partial charge is 0.416 e. The second-order valence-electron chi connectivity index (χ2n) is 6.61. The van der Waals surface area contributed by atoms with Gasteiger partial charge >= 0.3 is 12.1 Å². The molecule has 156 valence electrons. The summed E-state index contributed by atoms with van der Waals surface area (Å²) in [6.07, 6.45) is -4.26. The number of nitrogens with zero attached hydrogens (tertiary/aromatic N) is 1. The second-order valence-corrected chi connectivity index (χ2v) is 6.61. The van der Waals surface area contributed by atoms with Crippen molar-refractivity contribution in [2.24, 2.45) is 0 Å². The average Bonchev–Trinajstić information content (AvgIpc) is 2.58. The fraction of sp³-hybridized carbons (Fsp3) is 0.529. The molecule has 0 saturated heterocycles. The molecule has 0 heterocycles. The summed E-state index contributed by atoms with van der Waals surface area (Å²) in [7, 11) is 0. The van der Waals surface area contributed by atoms with Gasteiger partial charge in [0.05, 0.1) is 16.9 Å². The Bertz CT molecular complexity index is 735. The number of esters is 1. The van der Waals surface area contributed by atoms with Gasteiger partial charge in [0, 0.05) is 18.2 Å². The molecule has 0 aliphatic heterocycles. The van der Waals surface area contributed by atoms with E-state index in [0.717, 1.165) is 6.07 Å². The second kappa shape index (κ2) is 9.38. The predicted molar refractivity (Wildman–Crippen MR) is 94.7 cm³/mol. The van der Waals surface area contributed by atoms with E-state index in [1.165, 1.54) is 0 Å². The third kappa shape index (κ3) is 7.41. The molecule has 8 nitrogen and oxygen atoms in total. The first-order valence-corrected chi connectivity index (χ1v) is 8.42. The van der Waals surface area contributed by atoms with Gasteiger partial charge in [-0.15, -0.1) is 0 Å². The van der Waals surface area contributed by atoms with Gasteiger partial charge in [0.1, 0.15) is 5.69 Å². The van der Waals surface area contributed by atoms with E-state index in [4.69, 9.17) is 4.74 Å². The number of carbonyl (C=O) groups excluding carboxylic acids is 2. The topological polar surface area (TPSA) is 111 Å². The minimum Gasteiger partial charge on any atom is -0.456 e. The number of benzene rings is 1. The summed E-state index contributed by atoms with van der Waals surface area (Å²) in [5, 5.41) is 16.2. The lowest BCUT2D eigenvalue weighted by Gasteiger charge is -2.24. The van der Waals surface area contributed by atoms with Crippen LogP contribution in [0.15, 0.2) is 18.2 Å². The summed E-state index contributed by atoms with van der Waals surface area (Å²) in [5.74, 6) is -1.20. The van der Waals surface area contributed by atoms with Crippen LogP contribution in [-0.4, -0.2) is 35.5 Å². The number of hydrogen-bond acceptors (Lipinski definition) is 6. The maximum Gasteiger partial charge on any atom is 0.416 e. The van der Waals surface area contributed by atoms with Gasteiger partial charge in [0.2, 0.25) is 0 Å². The van der Waals surface area contributed by atoms with E-state index in [1.807, 2.05) is 20.8 Å². The number of alkyl halides is 3. The van der Waals surface area contributed by atoms with Crippen molar-refractivity contribution in [3.8, 4) is 0 Å². The fourth-order valence-corrected chi connectivity index (χ4v) is 2.03. The van der Waals surface area contributed by atoms with Crippen molar-refractivity contribution >= 4 is 23.3 Å². The Balaban J connectivity index is 2.56. The van der Waals surface area contributed by atoms with E-state index < -0.39 is 46.4 Å². The van der Waals surface area contributed by atoms with E-state index in [1.54, 1.807) is 0 Å². The summed E-state index contributed by atoms with van der Waals surface area (Å²) in [5.41, 5.74) is -2.50. The lowest BCUT2D eigenvalue weighted by Crippen LogP contribution is -2.44. The molecule has 11 heteroatoms. The summed E-state index contributed by atoms with van der Waals surface area (Å²) < 4.78 is 42.8. The molecule has 1 aromatic rings. The first-order chi connectivity index (χ1) is 12.9. The highest BCUT2D eigenvalue weighted by atomic mass is 19.4. The minimum atomic E-state index is -4.71. The van der Waals surface area contributed by atoms with Crippen LogP contribution in [0.1, 0.15) is 39.2 Å². The Morgan fingerprint density at radius 1 is 1.25 bits per heavy atom. The summed E-state index contributed by atoms with van der Waals surface area (Å²) >= 11 is 0. The number of hydrogen-bond donors (Lipinski definition) is 2. The van der Waals surface area contributed by atoms with Crippen molar-refractivity contribution < 1.29 is 32.4 Å². The Kier molecular flexibility index (Phi) is 7.77. The molecule has 0 aliphatic rings. The molecule has 0 fully saturated rings. The van der Waals surface area contributed by atoms with Crippen LogP contribution in [0.5, 0.6) is 0 Å². The number of amides is 1. The summed E-state index contributed by atoms with van der Waals surface area (Å²) in [4.78, 5) is 33.4. The highest BCUT2D eigenvalue weighted by Crippen LogP contribution is 2.34. The Morgan fingerprint density at radius 2 is 1.89 bits per heavy atom. The zero-order chi connectivity index (χ0) is 21.5. The molecule has 0 bridgehead atoms. The predicted octanol–water partition coefficient (Wildman–Crippen LogP) is 3.26. The van der Waals surface area contributed by atoms with Gasteiger partial charge < -0.3 is 15.4 Å².